The summed E-state index contributed by atoms with van der Waals surface area (Å²) < 4.78 is 0. The summed E-state index contributed by atoms with van der Waals surface area (Å²) in [6.45, 7) is 0. The zero-order chi connectivity index (χ0) is 13.8. The molecule has 3 nitrogen and oxygen atoms in total. The number of hydrogen-bond donors (Lipinski definition) is 2. The Kier molecular flexibility index (Phi) is 3.88. The SMILES string of the molecule is O=C(/C=C/c1ccc(O)c(Cl)c1)c1cccc(O)c1. The Hall–Kier alpha value is -2.26. The van der Waals surface area contributed by atoms with Crippen LogP contribution >= 0.6 is 11.6 Å². The van der Waals surface area contributed by atoms with Crippen LogP contribution in [0.5, 0.6) is 11.5 Å². The van der Waals surface area contributed by atoms with Crippen LogP contribution in [0.1, 0.15) is 15.9 Å². The van der Waals surface area contributed by atoms with Gasteiger partial charge in [0, 0.05) is 5.56 Å². The minimum atomic E-state index is -0.222. The highest BCUT2D eigenvalue weighted by Crippen LogP contribution is 2.24. The van der Waals surface area contributed by atoms with Gasteiger partial charge >= 0.3 is 0 Å². The van der Waals surface area contributed by atoms with E-state index in [-0.39, 0.29) is 22.3 Å². The van der Waals surface area contributed by atoms with Gasteiger partial charge in [0.25, 0.3) is 0 Å². The highest BCUT2D eigenvalue weighted by molar-refractivity contribution is 6.32. The van der Waals surface area contributed by atoms with E-state index >= 15 is 0 Å². The third kappa shape index (κ3) is 3.36. The number of benzene rings is 2. The van der Waals surface area contributed by atoms with E-state index in [1.54, 1.807) is 30.3 Å². The van der Waals surface area contributed by atoms with E-state index in [4.69, 9.17) is 11.6 Å². The smallest absolute Gasteiger partial charge is 0.185 e. The van der Waals surface area contributed by atoms with Crippen LogP contribution < -0.4 is 0 Å². The van der Waals surface area contributed by atoms with Crippen molar-refractivity contribution in [3.05, 3.63) is 64.7 Å². The molecule has 2 N–H and O–H groups in total. The number of allylic oxidation sites excluding steroid dienone is 1. The van der Waals surface area contributed by atoms with Crippen LogP contribution in [0.2, 0.25) is 5.02 Å². The summed E-state index contributed by atoms with van der Waals surface area (Å²) in [5.74, 6) is -0.176. The summed E-state index contributed by atoms with van der Waals surface area (Å²) in [6.07, 6.45) is 2.98. The first-order valence-corrected chi connectivity index (χ1v) is 5.94. The third-order valence-corrected chi connectivity index (χ3v) is 2.83. The summed E-state index contributed by atoms with van der Waals surface area (Å²) in [7, 11) is 0. The van der Waals surface area contributed by atoms with Crippen molar-refractivity contribution >= 4 is 23.5 Å². The Bertz CT molecular complexity index is 648. The normalized spacial score (nSPS) is 10.8. The van der Waals surface area contributed by atoms with E-state index in [1.807, 2.05) is 0 Å². The van der Waals surface area contributed by atoms with Gasteiger partial charge in [0.05, 0.1) is 5.02 Å². The van der Waals surface area contributed by atoms with Crippen LogP contribution in [0.15, 0.2) is 48.5 Å². The largest absolute Gasteiger partial charge is 0.508 e. The number of hydrogen-bond acceptors (Lipinski definition) is 3. The second-order valence-electron chi connectivity index (χ2n) is 3.96. The zero-order valence-corrected chi connectivity index (χ0v) is 10.6. The number of phenols is 2. The van der Waals surface area contributed by atoms with Gasteiger partial charge in [-0.3, -0.25) is 4.79 Å². The van der Waals surface area contributed by atoms with Crippen molar-refractivity contribution in [1.82, 2.24) is 0 Å². The van der Waals surface area contributed by atoms with Crippen molar-refractivity contribution in [2.75, 3.05) is 0 Å². The molecule has 0 saturated heterocycles. The summed E-state index contributed by atoms with van der Waals surface area (Å²) >= 11 is 5.77. The lowest BCUT2D eigenvalue weighted by atomic mass is 10.1. The molecule has 2 aromatic rings. The van der Waals surface area contributed by atoms with Gasteiger partial charge in [-0.2, -0.15) is 0 Å². The molecule has 0 aliphatic heterocycles. The fourth-order valence-corrected chi connectivity index (χ4v) is 1.74. The average Bonchev–Trinajstić information content (AvgIpc) is 2.40. The molecule has 0 saturated carbocycles. The minimum absolute atomic E-state index is 0.00174. The lowest BCUT2D eigenvalue weighted by Gasteiger charge is -1.99. The van der Waals surface area contributed by atoms with Crippen molar-refractivity contribution in [3.63, 3.8) is 0 Å². The second kappa shape index (κ2) is 5.59. The van der Waals surface area contributed by atoms with E-state index in [2.05, 4.69) is 0 Å². The number of halogens is 1. The van der Waals surface area contributed by atoms with Gasteiger partial charge in [0.15, 0.2) is 5.78 Å². The summed E-state index contributed by atoms with van der Waals surface area (Å²) in [5.41, 5.74) is 1.11. The first-order chi connectivity index (χ1) is 9.06. The molecule has 0 amide bonds. The molecule has 96 valence electrons. The number of aromatic hydroxyl groups is 2. The fourth-order valence-electron chi connectivity index (χ4n) is 1.55. The van der Waals surface area contributed by atoms with Crippen molar-refractivity contribution < 1.29 is 15.0 Å². The molecule has 0 atom stereocenters. The number of rotatable bonds is 3. The Morgan fingerprint density at radius 3 is 2.58 bits per heavy atom. The Morgan fingerprint density at radius 2 is 1.89 bits per heavy atom. The topological polar surface area (TPSA) is 57.5 Å². The van der Waals surface area contributed by atoms with Gasteiger partial charge < -0.3 is 10.2 Å². The van der Waals surface area contributed by atoms with Crippen molar-refractivity contribution in [2.45, 2.75) is 0 Å². The van der Waals surface area contributed by atoms with Crippen LogP contribution in [0.3, 0.4) is 0 Å². The Labute approximate surface area is 115 Å². The molecular weight excluding hydrogens is 264 g/mol. The molecule has 0 unspecified atom stereocenters. The lowest BCUT2D eigenvalue weighted by molar-refractivity contribution is 0.104. The number of phenolic OH excluding ortho intramolecular Hbond substituents is 2. The zero-order valence-electron chi connectivity index (χ0n) is 9.88. The van der Waals surface area contributed by atoms with Gasteiger partial charge in [-0.15, -0.1) is 0 Å². The van der Waals surface area contributed by atoms with Crippen LogP contribution in [0, 0.1) is 0 Å². The van der Waals surface area contributed by atoms with E-state index < -0.39 is 0 Å². The summed E-state index contributed by atoms with van der Waals surface area (Å²) in [4.78, 5) is 11.8. The van der Waals surface area contributed by atoms with E-state index in [9.17, 15) is 15.0 Å². The molecule has 2 rings (SSSR count). The van der Waals surface area contributed by atoms with Gasteiger partial charge in [-0.05, 0) is 35.9 Å². The Balaban J connectivity index is 2.18. The monoisotopic (exact) mass is 274 g/mol. The first-order valence-electron chi connectivity index (χ1n) is 5.56. The van der Waals surface area contributed by atoms with Crippen LogP contribution in [-0.4, -0.2) is 16.0 Å². The predicted molar refractivity (Wildman–Crippen MR) is 74.6 cm³/mol. The maximum atomic E-state index is 11.8. The fraction of sp³-hybridized carbons (Fsp3) is 0. The molecule has 4 heteroatoms. The van der Waals surface area contributed by atoms with Gasteiger partial charge in [-0.25, -0.2) is 0 Å². The third-order valence-electron chi connectivity index (χ3n) is 2.53. The summed E-state index contributed by atoms with van der Waals surface area (Å²) in [6, 6.07) is 10.8. The van der Waals surface area contributed by atoms with Crippen LogP contribution in [0.4, 0.5) is 0 Å². The maximum Gasteiger partial charge on any atom is 0.185 e. The minimum Gasteiger partial charge on any atom is -0.508 e. The number of carbonyl (C=O) groups excluding carboxylic acids is 1. The van der Waals surface area contributed by atoms with E-state index in [0.717, 1.165) is 0 Å². The van der Waals surface area contributed by atoms with Crippen molar-refractivity contribution in [2.24, 2.45) is 0 Å². The molecule has 0 bridgehead atoms. The first kappa shape index (κ1) is 13.2. The number of carbonyl (C=O) groups is 1. The average molecular weight is 275 g/mol. The van der Waals surface area contributed by atoms with Crippen LogP contribution in [-0.2, 0) is 0 Å². The molecule has 0 heterocycles. The predicted octanol–water partition coefficient (Wildman–Crippen LogP) is 3.65. The maximum absolute atomic E-state index is 11.8. The van der Waals surface area contributed by atoms with Crippen molar-refractivity contribution in [3.8, 4) is 11.5 Å². The van der Waals surface area contributed by atoms with Crippen molar-refractivity contribution in [1.29, 1.82) is 0 Å². The molecular formula is C15H11ClO3. The highest BCUT2D eigenvalue weighted by atomic mass is 35.5. The van der Waals surface area contributed by atoms with Gasteiger partial charge in [0.2, 0.25) is 0 Å². The summed E-state index contributed by atoms with van der Waals surface area (Å²) in [5, 5.41) is 18.8. The molecule has 0 fully saturated rings. The molecule has 2 aromatic carbocycles. The van der Waals surface area contributed by atoms with E-state index in [0.29, 0.717) is 11.1 Å². The van der Waals surface area contributed by atoms with E-state index in [1.165, 1.54) is 24.3 Å². The van der Waals surface area contributed by atoms with Gasteiger partial charge in [-0.1, -0.05) is 35.9 Å². The molecule has 0 aromatic heterocycles. The Morgan fingerprint density at radius 1 is 1.11 bits per heavy atom. The van der Waals surface area contributed by atoms with Crippen LogP contribution in [0.25, 0.3) is 6.08 Å². The van der Waals surface area contributed by atoms with Gasteiger partial charge in [0.1, 0.15) is 11.5 Å². The molecule has 0 aliphatic carbocycles. The molecule has 0 radical (unpaired) electrons. The highest BCUT2D eigenvalue weighted by Gasteiger charge is 2.03. The number of ketones is 1. The molecule has 0 spiro atoms. The molecule has 0 aliphatic rings. The quantitative estimate of drug-likeness (QED) is 0.663. The second-order valence-corrected chi connectivity index (χ2v) is 4.37. The molecule has 19 heavy (non-hydrogen) atoms. The standard InChI is InChI=1S/C15H11ClO3/c16-13-8-10(5-7-15(13)19)4-6-14(18)11-2-1-3-12(17)9-11/h1-9,17,19H/b6-4+. The lowest BCUT2D eigenvalue weighted by Crippen LogP contribution is -1.93.